The first-order valence-corrected chi connectivity index (χ1v) is 7.94. The van der Waals surface area contributed by atoms with Gasteiger partial charge >= 0.3 is 6.18 Å². The van der Waals surface area contributed by atoms with E-state index in [2.05, 4.69) is 15.1 Å². The van der Waals surface area contributed by atoms with Crippen LogP contribution < -0.4 is 5.56 Å². The summed E-state index contributed by atoms with van der Waals surface area (Å²) in [4.78, 5) is 19.0. The maximum absolute atomic E-state index is 12.5. The van der Waals surface area contributed by atoms with Crippen molar-refractivity contribution < 1.29 is 18.3 Å². The van der Waals surface area contributed by atoms with Crippen LogP contribution in [0.4, 0.5) is 13.2 Å². The number of rotatable bonds is 4. The number of nitrogens with zero attached hydrogens (tertiary/aromatic N) is 3. The third-order valence-corrected chi connectivity index (χ3v) is 4.14. The molecule has 138 valence electrons. The molecular weight excluding hydrogens is 349 g/mol. The van der Waals surface area contributed by atoms with Gasteiger partial charge in [-0.25, -0.2) is 9.67 Å². The Hall–Kier alpha value is -2.68. The third-order valence-electron chi connectivity index (χ3n) is 4.14. The lowest BCUT2D eigenvalue weighted by Gasteiger charge is -2.14. The number of nitrogens with one attached hydrogen (secondary N) is 1. The highest BCUT2D eigenvalue weighted by atomic mass is 19.4. The number of alkyl halides is 3. The molecule has 0 unspecified atom stereocenters. The van der Waals surface area contributed by atoms with Gasteiger partial charge in [0.15, 0.2) is 5.65 Å². The lowest BCUT2D eigenvalue weighted by atomic mass is 10.0. The molecule has 0 aliphatic heterocycles. The van der Waals surface area contributed by atoms with E-state index >= 15 is 0 Å². The standard InChI is InChI=1S/C17H17F3N4O2/c1-9(12-5-3-11(4-6-12)7-17(18,19)20)24-15-14(13(8-25)23-24)16(26)22-10(2)21-15/h3-6,9,25H,7-8H2,1-2H3,(H,21,22,26)/t9-/m1/s1. The summed E-state index contributed by atoms with van der Waals surface area (Å²) in [5.41, 5.74) is 1.01. The number of aliphatic hydroxyl groups is 1. The second-order valence-electron chi connectivity index (χ2n) is 6.11. The molecule has 0 saturated heterocycles. The van der Waals surface area contributed by atoms with Crippen LogP contribution in [0, 0.1) is 6.92 Å². The number of hydrogen-bond acceptors (Lipinski definition) is 4. The minimum Gasteiger partial charge on any atom is -0.390 e. The van der Waals surface area contributed by atoms with E-state index in [1.54, 1.807) is 26.0 Å². The minimum atomic E-state index is -4.26. The molecule has 3 aromatic rings. The van der Waals surface area contributed by atoms with Crippen molar-refractivity contribution in [3.8, 4) is 0 Å². The fourth-order valence-electron chi connectivity index (χ4n) is 2.89. The number of aliphatic hydroxyl groups excluding tert-OH is 1. The summed E-state index contributed by atoms with van der Waals surface area (Å²) in [7, 11) is 0. The van der Waals surface area contributed by atoms with E-state index in [9.17, 15) is 23.1 Å². The summed E-state index contributed by atoms with van der Waals surface area (Å²) < 4.78 is 38.9. The van der Waals surface area contributed by atoms with E-state index in [4.69, 9.17) is 0 Å². The Labute approximate surface area is 146 Å². The van der Waals surface area contributed by atoms with Gasteiger partial charge in [-0.05, 0) is 25.0 Å². The fourth-order valence-corrected chi connectivity index (χ4v) is 2.89. The number of benzene rings is 1. The summed E-state index contributed by atoms with van der Waals surface area (Å²) >= 11 is 0. The van der Waals surface area contributed by atoms with Crippen LogP contribution in [-0.4, -0.2) is 31.0 Å². The zero-order valence-corrected chi connectivity index (χ0v) is 14.1. The fraction of sp³-hybridized carbons (Fsp3) is 0.353. The van der Waals surface area contributed by atoms with Gasteiger partial charge in [0, 0.05) is 0 Å². The number of halogens is 3. The summed E-state index contributed by atoms with van der Waals surface area (Å²) in [5.74, 6) is 0.404. The molecule has 0 saturated carbocycles. The van der Waals surface area contributed by atoms with Crippen LogP contribution in [0.5, 0.6) is 0 Å². The van der Waals surface area contributed by atoms with Crippen LogP contribution in [0.15, 0.2) is 29.1 Å². The van der Waals surface area contributed by atoms with Crippen LogP contribution in [0.1, 0.15) is 35.6 Å². The summed E-state index contributed by atoms with van der Waals surface area (Å²) in [5, 5.41) is 14.0. The molecule has 0 amide bonds. The van der Waals surface area contributed by atoms with Crippen LogP contribution in [0.2, 0.25) is 0 Å². The predicted octanol–water partition coefficient (Wildman–Crippen LogP) is 2.63. The molecule has 0 aliphatic rings. The van der Waals surface area contributed by atoms with Crippen molar-refractivity contribution in [3.05, 3.63) is 57.3 Å². The highest BCUT2D eigenvalue weighted by molar-refractivity contribution is 5.77. The molecule has 9 heteroatoms. The van der Waals surface area contributed by atoms with Gasteiger partial charge in [-0.15, -0.1) is 0 Å². The maximum atomic E-state index is 12.5. The summed E-state index contributed by atoms with van der Waals surface area (Å²) in [6.45, 7) is 3.01. The molecule has 6 nitrogen and oxygen atoms in total. The van der Waals surface area contributed by atoms with Gasteiger partial charge in [-0.2, -0.15) is 18.3 Å². The molecule has 0 spiro atoms. The summed E-state index contributed by atoms with van der Waals surface area (Å²) in [6, 6.07) is 5.65. The average Bonchev–Trinajstić information content (AvgIpc) is 2.92. The number of aromatic nitrogens is 4. The van der Waals surface area contributed by atoms with Crippen molar-refractivity contribution >= 4 is 11.0 Å². The van der Waals surface area contributed by atoms with E-state index < -0.39 is 24.8 Å². The largest absolute Gasteiger partial charge is 0.393 e. The Bertz CT molecular complexity index is 990. The van der Waals surface area contributed by atoms with Gasteiger partial charge in [-0.3, -0.25) is 4.79 Å². The van der Waals surface area contributed by atoms with Crippen LogP contribution >= 0.6 is 0 Å². The predicted molar refractivity (Wildman–Crippen MR) is 88.8 cm³/mol. The Balaban J connectivity index is 2.02. The second-order valence-corrected chi connectivity index (χ2v) is 6.11. The molecule has 2 aromatic heterocycles. The monoisotopic (exact) mass is 366 g/mol. The Kier molecular flexibility index (Phi) is 4.57. The van der Waals surface area contributed by atoms with Crippen molar-refractivity contribution in [2.75, 3.05) is 0 Å². The van der Waals surface area contributed by atoms with E-state index in [1.807, 2.05) is 0 Å². The third kappa shape index (κ3) is 3.48. The van der Waals surface area contributed by atoms with Gasteiger partial charge < -0.3 is 10.1 Å². The Morgan fingerprint density at radius 1 is 1.27 bits per heavy atom. The molecular formula is C17H17F3N4O2. The van der Waals surface area contributed by atoms with Gasteiger partial charge in [0.05, 0.1) is 19.1 Å². The molecule has 3 rings (SSSR count). The maximum Gasteiger partial charge on any atom is 0.393 e. The lowest BCUT2D eigenvalue weighted by molar-refractivity contribution is -0.127. The lowest BCUT2D eigenvalue weighted by Crippen LogP contribution is -2.14. The van der Waals surface area contributed by atoms with Gasteiger partial charge in [0.25, 0.3) is 5.56 Å². The van der Waals surface area contributed by atoms with E-state index in [-0.39, 0.29) is 22.7 Å². The second kappa shape index (κ2) is 6.56. The number of aromatic amines is 1. The first-order chi connectivity index (χ1) is 12.2. The Morgan fingerprint density at radius 3 is 2.50 bits per heavy atom. The van der Waals surface area contributed by atoms with Crippen LogP contribution in [0.25, 0.3) is 11.0 Å². The van der Waals surface area contributed by atoms with Gasteiger partial charge in [0.1, 0.15) is 16.9 Å². The van der Waals surface area contributed by atoms with Gasteiger partial charge in [-0.1, -0.05) is 24.3 Å². The quantitative estimate of drug-likeness (QED) is 0.744. The SMILES string of the molecule is Cc1nc2c(c(CO)nn2[C@H](C)c2ccc(CC(F)(F)F)cc2)c(=O)[nH]1. The molecule has 0 aliphatic carbocycles. The zero-order chi connectivity index (χ0) is 19.1. The van der Waals surface area contributed by atoms with Crippen molar-refractivity contribution in [1.82, 2.24) is 19.7 Å². The molecule has 26 heavy (non-hydrogen) atoms. The number of H-pyrrole nitrogens is 1. The van der Waals surface area contributed by atoms with Crippen molar-refractivity contribution in [2.45, 2.75) is 39.1 Å². The van der Waals surface area contributed by atoms with Crippen molar-refractivity contribution in [2.24, 2.45) is 0 Å². The number of hydrogen-bond donors (Lipinski definition) is 2. The first-order valence-electron chi connectivity index (χ1n) is 7.94. The van der Waals surface area contributed by atoms with E-state index in [0.717, 1.165) is 0 Å². The highest BCUT2D eigenvalue weighted by Gasteiger charge is 2.27. The van der Waals surface area contributed by atoms with Crippen molar-refractivity contribution in [1.29, 1.82) is 0 Å². The molecule has 1 atom stereocenters. The van der Waals surface area contributed by atoms with Crippen LogP contribution in [0.3, 0.4) is 0 Å². The molecule has 0 fully saturated rings. The van der Waals surface area contributed by atoms with Crippen LogP contribution in [-0.2, 0) is 13.0 Å². The minimum absolute atomic E-state index is 0.167. The molecule has 2 heterocycles. The zero-order valence-electron chi connectivity index (χ0n) is 14.1. The average molecular weight is 366 g/mol. The smallest absolute Gasteiger partial charge is 0.390 e. The van der Waals surface area contributed by atoms with Crippen molar-refractivity contribution in [3.63, 3.8) is 0 Å². The number of fused-ring (bicyclic) bond motifs is 1. The van der Waals surface area contributed by atoms with Gasteiger partial charge in [0.2, 0.25) is 0 Å². The molecule has 1 aromatic carbocycles. The summed E-state index contributed by atoms with van der Waals surface area (Å²) in [6.07, 6.45) is -5.25. The molecule has 0 radical (unpaired) electrons. The highest BCUT2D eigenvalue weighted by Crippen LogP contribution is 2.25. The Morgan fingerprint density at radius 2 is 1.92 bits per heavy atom. The number of aryl methyl sites for hydroxylation is 1. The molecule has 2 N–H and O–H groups in total. The topological polar surface area (TPSA) is 83.8 Å². The first kappa shape index (κ1) is 18.1. The van der Waals surface area contributed by atoms with E-state index in [1.165, 1.54) is 16.8 Å². The normalized spacial score (nSPS) is 13.3. The van der Waals surface area contributed by atoms with E-state index in [0.29, 0.717) is 17.0 Å². The molecule has 0 bridgehead atoms.